The van der Waals surface area contributed by atoms with Crippen LogP contribution in [-0.4, -0.2) is 32.2 Å². The molecule has 0 atom stereocenters. The first-order chi connectivity index (χ1) is 13.3. The Morgan fingerprint density at radius 2 is 1.82 bits per heavy atom. The highest BCUT2D eigenvalue weighted by Crippen LogP contribution is 2.32. The molecule has 2 aromatic carbocycles. The van der Waals surface area contributed by atoms with E-state index in [4.69, 9.17) is 32.7 Å². The largest absolute Gasteiger partial charge is 0.493 e. The number of anilines is 1. The van der Waals surface area contributed by atoms with Crippen molar-refractivity contribution in [2.75, 3.05) is 19.5 Å². The molecule has 0 aliphatic heterocycles. The number of ether oxygens (including phenoxy) is 2. The standard InChI is InChI=1S/C18H16BrCl2N3O4/c1-27-14-6-10(11(19)7-15(14)28-2)9-22-24-17(26)8-16(25)23-13-5-3-4-12(20)18(13)21/h3-7,9H,8H2,1-2H3,(H,23,25)(H,24,26). The van der Waals surface area contributed by atoms with Crippen LogP contribution >= 0.6 is 39.1 Å². The predicted octanol–water partition coefficient (Wildman–Crippen LogP) is 4.25. The van der Waals surface area contributed by atoms with Crippen LogP contribution in [0.25, 0.3) is 0 Å². The summed E-state index contributed by atoms with van der Waals surface area (Å²) in [6.45, 7) is 0. The molecule has 0 aromatic heterocycles. The molecule has 0 unspecified atom stereocenters. The van der Waals surface area contributed by atoms with Gasteiger partial charge in [-0.1, -0.05) is 29.3 Å². The van der Waals surface area contributed by atoms with Crippen molar-refractivity contribution in [3.63, 3.8) is 0 Å². The highest BCUT2D eigenvalue weighted by atomic mass is 79.9. The van der Waals surface area contributed by atoms with Gasteiger partial charge >= 0.3 is 0 Å². The summed E-state index contributed by atoms with van der Waals surface area (Å²) < 4.78 is 11.1. The molecule has 7 nitrogen and oxygen atoms in total. The second-order valence-corrected chi connectivity index (χ2v) is 6.99. The Morgan fingerprint density at radius 1 is 1.14 bits per heavy atom. The number of carbonyl (C=O) groups is 2. The summed E-state index contributed by atoms with van der Waals surface area (Å²) >= 11 is 15.3. The van der Waals surface area contributed by atoms with Crippen LogP contribution in [0.5, 0.6) is 11.5 Å². The van der Waals surface area contributed by atoms with Gasteiger partial charge < -0.3 is 14.8 Å². The fraction of sp³-hybridized carbons (Fsp3) is 0.167. The van der Waals surface area contributed by atoms with Crippen LogP contribution in [0.1, 0.15) is 12.0 Å². The van der Waals surface area contributed by atoms with Gasteiger partial charge in [0, 0.05) is 10.0 Å². The Bertz CT molecular complexity index is 922. The number of halogens is 3. The average Bonchev–Trinajstić information content (AvgIpc) is 2.66. The lowest BCUT2D eigenvalue weighted by molar-refractivity contribution is -0.126. The summed E-state index contributed by atoms with van der Waals surface area (Å²) in [5, 5.41) is 6.87. The summed E-state index contributed by atoms with van der Waals surface area (Å²) in [6.07, 6.45) is 0.975. The molecular formula is C18H16BrCl2N3O4. The zero-order valence-corrected chi connectivity index (χ0v) is 18.0. The van der Waals surface area contributed by atoms with Crippen molar-refractivity contribution in [2.45, 2.75) is 6.42 Å². The number of nitrogens with zero attached hydrogens (tertiary/aromatic N) is 1. The van der Waals surface area contributed by atoms with E-state index in [0.717, 1.165) is 0 Å². The molecular weight excluding hydrogens is 473 g/mol. The third-order valence-corrected chi connectivity index (χ3v) is 4.95. The van der Waals surface area contributed by atoms with Crippen molar-refractivity contribution >= 4 is 62.8 Å². The molecule has 0 saturated carbocycles. The number of hydrogen-bond donors (Lipinski definition) is 2. The van der Waals surface area contributed by atoms with E-state index in [2.05, 4.69) is 31.8 Å². The van der Waals surface area contributed by atoms with Gasteiger partial charge in [-0.2, -0.15) is 5.10 Å². The first kappa shape index (κ1) is 22.0. The molecule has 0 aliphatic carbocycles. The van der Waals surface area contributed by atoms with E-state index in [1.165, 1.54) is 20.4 Å². The van der Waals surface area contributed by atoms with Crippen LogP contribution in [0.15, 0.2) is 39.9 Å². The average molecular weight is 489 g/mol. The molecule has 0 saturated heterocycles. The third-order valence-electron chi connectivity index (χ3n) is 3.44. The number of methoxy groups -OCH3 is 2. The van der Waals surface area contributed by atoms with Crippen molar-refractivity contribution in [3.8, 4) is 11.5 Å². The van der Waals surface area contributed by atoms with E-state index >= 15 is 0 Å². The molecule has 0 aliphatic rings. The van der Waals surface area contributed by atoms with Crippen LogP contribution < -0.4 is 20.2 Å². The van der Waals surface area contributed by atoms with Crippen molar-refractivity contribution < 1.29 is 19.1 Å². The summed E-state index contributed by atoms with van der Waals surface area (Å²) in [5.41, 5.74) is 3.26. The number of carbonyl (C=O) groups excluding carboxylic acids is 2. The van der Waals surface area contributed by atoms with Crippen LogP contribution in [0, 0.1) is 0 Å². The van der Waals surface area contributed by atoms with Crippen molar-refractivity contribution in [1.82, 2.24) is 5.43 Å². The molecule has 0 radical (unpaired) electrons. The topological polar surface area (TPSA) is 89.0 Å². The van der Waals surface area contributed by atoms with Crippen molar-refractivity contribution in [1.29, 1.82) is 0 Å². The molecule has 2 rings (SSSR count). The fourth-order valence-corrected chi connectivity index (χ4v) is 2.90. The van der Waals surface area contributed by atoms with Gasteiger partial charge in [-0.05, 0) is 40.2 Å². The van der Waals surface area contributed by atoms with E-state index in [0.29, 0.717) is 32.2 Å². The van der Waals surface area contributed by atoms with E-state index in [-0.39, 0.29) is 5.02 Å². The van der Waals surface area contributed by atoms with Crippen LogP contribution in [0.3, 0.4) is 0 Å². The molecule has 0 heterocycles. The normalized spacial score (nSPS) is 10.6. The quantitative estimate of drug-likeness (QED) is 0.346. The Morgan fingerprint density at radius 3 is 2.50 bits per heavy atom. The second-order valence-electron chi connectivity index (χ2n) is 5.35. The fourth-order valence-electron chi connectivity index (χ4n) is 2.12. The van der Waals surface area contributed by atoms with Crippen molar-refractivity contribution in [2.24, 2.45) is 5.10 Å². The second kappa shape index (κ2) is 10.3. The first-order valence-electron chi connectivity index (χ1n) is 7.83. The molecule has 2 amide bonds. The van der Waals surface area contributed by atoms with Crippen molar-refractivity contribution in [3.05, 3.63) is 50.4 Å². The molecule has 2 aromatic rings. The Kier molecular flexibility index (Phi) is 8.10. The summed E-state index contributed by atoms with van der Waals surface area (Å²) in [4.78, 5) is 23.9. The molecule has 10 heteroatoms. The lowest BCUT2D eigenvalue weighted by atomic mass is 10.2. The highest BCUT2D eigenvalue weighted by molar-refractivity contribution is 9.10. The summed E-state index contributed by atoms with van der Waals surface area (Å²) in [7, 11) is 3.04. The first-order valence-corrected chi connectivity index (χ1v) is 9.38. The maximum Gasteiger partial charge on any atom is 0.249 e. The third kappa shape index (κ3) is 5.85. The molecule has 28 heavy (non-hydrogen) atoms. The van der Waals surface area contributed by atoms with Gasteiger partial charge in [-0.3, -0.25) is 9.59 Å². The SMILES string of the molecule is COc1cc(Br)c(C=NNC(=O)CC(=O)Nc2cccc(Cl)c2Cl)cc1OC. The highest BCUT2D eigenvalue weighted by Gasteiger charge is 2.12. The van der Waals surface area contributed by atoms with E-state index in [9.17, 15) is 9.59 Å². The number of hydrogen-bond acceptors (Lipinski definition) is 5. The van der Waals surface area contributed by atoms with E-state index in [1.807, 2.05) is 0 Å². The Hall–Kier alpha value is -2.29. The summed E-state index contributed by atoms with van der Waals surface area (Å²) in [6, 6.07) is 8.20. The number of rotatable bonds is 7. The number of benzene rings is 2. The van der Waals surface area contributed by atoms with Crippen LogP contribution in [-0.2, 0) is 9.59 Å². The zero-order chi connectivity index (χ0) is 20.7. The molecule has 0 spiro atoms. The maximum atomic E-state index is 12.0. The smallest absolute Gasteiger partial charge is 0.249 e. The summed E-state index contributed by atoms with van der Waals surface area (Å²) in [5.74, 6) is -0.0872. The van der Waals surface area contributed by atoms with Crippen LogP contribution in [0.2, 0.25) is 10.0 Å². The number of nitrogens with one attached hydrogen (secondary N) is 2. The lowest BCUT2D eigenvalue weighted by Crippen LogP contribution is -2.24. The van der Waals surface area contributed by atoms with Gasteiger partial charge in [-0.15, -0.1) is 0 Å². The molecule has 2 N–H and O–H groups in total. The van der Waals surface area contributed by atoms with Crippen LogP contribution in [0.4, 0.5) is 5.69 Å². The Labute approximate surface area is 180 Å². The minimum atomic E-state index is -0.594. The van der Waals surface area contributed by atoms with Gasteiger partial charge in [0.15, 0.2) is 11.5 Å². The zero-order valence-electron chi connectivity index (χ0n) is 14.9. The van der Waals surface area contributed by atoms with E-state index in [1.54, 1.807) is 30.3 Å². The maximum absolute atomic E-state index is 12.0. The van der Waals surface area contributed by atoms with Gasteiger partial charge in [0.05, 0.1) is 36.2 Å². The predicted molar refractivity (Wildman–Crippen MR) is 113 cm³/mol. The van der Waals surface area contributed by atoms with Gasteiger partial charge in [0.2, 0.25) is 11.8 Å². The minimum Gasteiger partial charge on any atom is -0.493 e. The minimum absolute atomic E-state index is 0.203. The Balaban J connectivity index is 1.95. The van der Waals surface area contributed by atoms with Gasteiger partial charge in [0.1, 0.15) is 6.42 Å². The van der Waals surface area contributed by atoms with Gasteiger partial charge in [0.25, 0.3) is 0 Å². The molecule has 0 fully saturated rings. The lowest BCUT2D eigenvalue weighted by Gasteiger charge is -2.09. The molecule has 0 bridgehead atoms. The van der Waals surface area contributed by atoms with Gasteiger partial charge in [-0.25, -0.2) is 5.43 Å². The number of hydrazone groups is 1. The number of amides is 2. The van der Waals surface area contributed by atoms with E-state index < -0.39 is 18.2 Å². The molecule has 148 valence electrons. The monoisotopic (exact) mass is 487 g/mol.